The first-order chi connectivity index (χ1) is 12.0. The fourth-order valence-electron chi connectivity index (χ4n) is 2.85. The molecule has 1 aromatic rings. The Kier molecular flexibility index (Phi) is 10.3. The number of nitrogens with zero attached hydrogens (tertiary/aromatic N) is 3. The van der Waals surface area contributed by atoms with Gasteiger partial charge in [-0.1, -0.05) is 6.07 Å². The second-order valence-electron chi connectivity index (χ2n) is 6.33. The Labute approximate surface area is 177 Å². The van der Waals surface area contributed by atoms with E-state index in [1.807, 2.05) is 6.92 Å². The molecule has 0 aromatic carbocycles. The standard InChI is InChI=1S/C17H29N5O2S.HI/c1-4-24-17(23)22-9-7-13(8-10-22)20-16(18)19-12-14(21(2)3)15-6-5-11-25-15;/h5-6,11,13-14H,4,7-10,12H2,1-3H3,(H3,18,19,20);1H. The number of guanidine groups is 1. The first kappa shape index (κ1) is 23.0. The molecule has 1 atom stereocenters. The van der Waals surface area contributed by atoms with Crippen LogP contribution in [0, 0.1) is 0 Å². The highest BCUT2D eigenvalue weighted by atomic mass is 127. The number of amides is 1. The SMILES string of the molecule is CCOC(=O)N1CCC(NC(N)=NCC(c2cccs2)N(C)C)CC1.I. The molecule has 1 aromatic heterocycles. The maximum Gasteiger partial charge on any atom is 0.409 e. The monoisotopic (exact) mass is 495 g/mol. The van der Waals surface area contributed by atoms with Crippen LogP contribution >= 0.6 is 35.3 Å². The van der Waals surface area contributed by atoms with Crippen LogP contribution in [0.15, 0.2) is 22.5 Å². The number of piperidine rings is 1. The van der Waals surface area contributed by atoms with Gasteiger partial charge >= 0.3 is 6.09 Å². The summed E-state index contributed by atoms with van der Waals surface area (Å²) in [5.41, 5.74) is 6.07. The molecule has 2 heterocycles. The molecule has 0 spiro atoms. The average molecular weight is 495 g/mol. The van der Waals surface area contributed by atoms with Crippen molar-refractivity contribution in [3.63, 3.8) is 0 Å². The van der Waals surface area contributed by atoms with Crippen molar-refractivity contribution < 1.29 is 9.53 Å². The zero-order valence-corrected chi connectivity index (χ0v) is 18.8. The van der Waals surface area contributed by atoms with Gasteiger partial charge in [-0.3, -0.25) is 4.99 Å². The molecular weight excluding hydrogens is 465 g/mol. The maximum atomic E-state index is 11.7. The first-order valence-corrected chi connectivity index (χ1v) is 9.57. The lowest BCUT2D eigenvalue weighted by molar-refractivity contribution is 0.0963. The van der Waals surface area contributed by atoms with Crippen LogP contribution in [0.1, 0.15) is 30.7 Å². The van der Waals surface area contributed by atoms with Gasteiger partial charge in [0.2, 0.25) is 0 Å². The van der Waals surface area contributed by atoms with Gasteiger partial charge < -0.3 is 25.6 Å². The molecule has 0 radical (unpaired) electrons. The van der Waals surface area contributed by atoms with Gasteiger partial charge in [0.05, 0.1) is 19.2 Å². The molecule has 1 fully saturated rings. The number of hydrogen-bond acceptors (Lipinski definition) is 5. The summed E-state index contributed by atoms with van der Waals surface area (Å²) >= 11 is 1.73. The largest absolute Gasteiger partial charge is 0.450 e. The molecule has 3 N–H and O–H groups in total. The number of aliphatic imine (C=N–C) groups is 1. The first-order valence-electron chi connectivity index (χ1n) is 8.69. The lowest BCUT2D eigenvalue weighted by Gasteiger charge is -2.31. The van der Waals surface area contributed by atoms with E-state index >= 15 is 0 Å². The number of rotatable bonds is 6. The molecule has 0 aliphatic carbocycles. The minimum absolute atomic E-state index is 0. The van der Waals surface area contributed by atoms with Crippen LogP contribution in [0.3, 0.4) is 0 Å². The van der Waals surface area contributed by atoms with Crippen molar-refractivity contribution in [2.75, 3.05) is 40.3 Å². The Bertz CT molecular complexity index is 560. The predicted molar refractivity (Wildman–Crippen MR) is 117 cm³/mol. The Morgan fingerprint density at radius 1 is 1.50 bits per heavy atom. The normalized spacial score (nSPS) is 16.9. The summed E-state index contributed by atoms with van der Waals surface area (Å²) in [5, 5.41) is 5.36. The highest BCUT2D eigenvalue weighted by molar-refractivity contribution is 14.0. The van der Waals surface area contributed by atoms with Gasteiger partial charge in [0.1, 0.15) is 0 Å². The molecule has 1 aliphatic heterocycles. The quantitative estimate of drug-likeness (QED) is 0.360. The molecular formula is C17H30IN5O2S. The second-order valence-corrected chi connectivity index (χ2v) is 7.30. The zero-order valence-electron chi connectivity index (χ0n) is 15.7. The van der Waals surface area contributed by atoms with Crippen LogP contribution in [0.25, 0.3) is 0 Å². The van der Waals surface area contributed by atoms with Crippen molar-refractivity contribution >= 4 is 47.4 Å². The van der Waals surface area contributed by atoms with Gasteiger partial charge in [0.15, 0.2) is 5.96 Å². The summed E-state index contributed by atoms with van der Waals surface area (Å²) in [6.45, 7) is 4.21. The van der Waals surface area contributed by atoms with Crippen LogP contribution in [-0.4, -0.2) is 68.2 Å². The van der Waals surface area contributed by atoms with E-state index in [4.69, 9.17) is 10.5 Å². The van der Waals surface area contributed by atoms with Crippen LogP contribution in [0.5, 0.6) is 0 Å². The second kappa shape index (κ2) is 11.6. The minimum atomic E-state index is -0.229. The van der Waals surface area contributed by atoms with Crippen LogP contribution in [0.4, 0.5) is 4.79 Å². The Balaban J connectivity index is 0.00000338. The number of hydrogen-bond donors (Lipinski definition) is 2. The molecule has 1 unspecified atom stereocenters. The molecule has 1 amide bonds. The summed E-state index contributed by atoms with van der Waals surface area (Å²) in [7, 11) is 4.10. The number of likely N-dealkylation sites (tertiary alicyclic amines) is 1. The van der Waals surface area contributed by atoms with E-state index in [-0.39, 0.29) is 42.2 Å². The molecule has 148 valence electrons. The van der Waals surface area contributed by atoms with Crippen LogP contribution in [0.2, 0.25) is 0 Å². The summed E-state index contributed by atoms with van der Waals surface area (Å²) in [5.74, 6) is 0.470. The smallest absolute Gasteiger partial charge is 0.409 e. The Morgan fingerprint density at radius 3 is 2.73 bits per heavy atom. The van der Waals surface area contributed by atoms with Crippen molar-refractivity contribution in [3.8, 4) is 0 Å². The van der Waals surface area contributed by atoms with E-state index in [2.05, 4.69) is 46.8 Å². The van der Waals surface area contributed by atoms with E-state index in [0.29, 0.717) is 32.2 Å². The fourth-order valence-corrected chi connectivity index (χ4v) is 3.76. The van der Waals surface area contributed by atoms with E-state index in [1.165, 1.54) is 4.88 Å². The lowest BCUT2D eigenvalue weighted by Crippen LogP contribution is -2.48. The van der Waals surface area contributed by atoms with Gasteiger partial charge in [0, 0.05) is 24.0 Å². The summed E-state index contributed by atoms with van der Waals surface area (Å²) in [4.78, 5) is 21.4. The summed E-state index contributed by atoms with van der Waals surface area (Å²) in [6, 6.07) is 4.65. The molecule has 0 saturated carbocycles. The van der Waals surface area contributed by atoms with Crippen LogP contribution in [-0.2, 0) is 4.74 Å². The number of ether oxygens (including phenoxy) is 1. The number of likely N-dealkylation sites (N-methyl/N-ethyl adjacent to an activating group) is 1. The number of nitrogens with two attached hydrogens (primary N) is 1. The van der Waals surface area contributed by atoms with Crippen molar-refractivity contribution in [1.29, 1.82) is 0 Å². The third-order valence-electron chi connectivity index (χ3n) is 4.30. The van der Waals surface area contributed by atoms with Crippen molar-refractivity contribution in [2.24, 2.45) is 10.7 Å². The molecule has 26 heavy (non-hydrogen) atoms. The fraction of sp³-hybridized carbons (Fsp3) is 0.647. The van der Waals surface area contributed by atoms with Gasteiger partial charge in [0.25, 0.3) is 0 Å². The van der Waals surface area contributed by atoms with Gasteiger partial charge in [-0.05, 0) is 45.3 Å². The highest BCUT2D eigenvalue weighted by Gasteiger charge is 2.23. The van der Waals surface area contributed by atoms with E-state index in [9.17, 15) is 4.79 Å². The number of thiophene rings is 1. The third-order valence-corrected chi connectivity index (χ3v) is 5.28. The summed E-state index contributed by atoms with van der Waals surface area (Å²) in [6.07, 6.45) is 1.46. The topological polar surface area (TPSA) is 83.2 Å². The van der Waals surface area contributed by atoms with Gasteiger partial charge in [-0.2, -0.15) is 0 Å². The highest BCUT2D eigenvalue weighted by Crippen LogP contribution is 2.23. The maximum absolute atomic E-state index is 11.7. The van der Waals surface area contributed by atoms with Gasteiger partial charge in [-0.15, -0.1) is 35.3 Å². The molecule has 7 nitrogen and oxygen atoms in total. The Morgan fingerprint density at radius 2 is 2.19 bits per heavy atom. The van der Waals surface area contributed by atoms with Crippen LogP contribution < -0.4 is 11.1 Å². The van der Waals surface area contributed by atoms with Crippen molar-refractivity contribution in [2.45, 2.75) is 31.8 Å². The summed E-state index contributed by atoms with van der Waals surface area (Å²) < 4.78 is 5.03. The van der Waals surface area contributed by atoms with E-state index in [0.717, 1.165) is 12.8 Å². The molecule has 1 saturated heterocycles. The molecule has 9 heteroatoms. The average Bonchev–Trinajstić information content (AvgIpc) is 3.10. The van der Waals surface area contributed by atoms with Gasteiger partial charge in [-0.25, -0.2) is 4.79 Å². The van der Waals surface area contributed by atoms with E-state index in [1.54, 1.807) is 16.2 Å². The van der Waals surface area contributed by atoms with Crippen molar-refractivity contribution in [1.82, 2.24) is 15.1 Å². The predicted octanol–water partition coefficient (Wildman–Crippen LogP) is 2.49. The van der Waals surface area contributed by atoms with Crippen molar-refractivity contribution in [3.05, 3.63) is 22.4 Å². The number of halogens is 1. The number of nitrogens with one attached hydrogen (secondary N) is 1. The third kappa shape index (κ3) is 6.92. The Hall–Kier alpha value is -1.07. The minimum Gasteiger partial charge on any atom is -0.450 e. The lowest BCUT2D eigenvalue weighted by atomic mass is 10.1. The van der Waals surface area contributed by atoms with E-state index < -0.39 is 0 Å². The zero-order chi connectivity index (χ0) is 18.2. The molecule has 0 bridgehead atoms. The molecule has 1 aliphatic rings. The number of carbonyl (C=O) groups is 1. The number of carbonyl (C=O) groups excluding carboxylic acids is 1. The molecule has 2 rings (SSSR count).